The summed E-state index contributed by atoms with van der Waals surface area (Å²) in [5.74, 6) is -0.570. The molecule has 0 aliphatic carbocycles. The van der Waals surface area contributed by atoms with Crippen LogP contribution in [0.5, 0.6) is 0 Å². The number of nitrogens with zero attached hydrogens (tertiary/aromatic N) is 1. The van der Waals surface area contributed by atoms with Crippen LogP contribution in [0.15, 0.2) is 14.1 Å². The van der Waals surface area contributed by atoms with E-state index in [-0.39, 0.29) is 16.7 Å². The third-order valence-electron chi connectivity index (χ3n) is 2.72. The van der Waals surface area contributed by atoms with Crippen LogP contribution < -0.4 is 5.32 Å². The first kappa shape index (κ1) is 16.6. The normalized spacial score (nSPS) is 13.6. The first-order valence-corrected chi connectivity index (χ1v) is 8.69. The number of halogens is 1. The first-order valence-electron chi connectivity index (χ1n) is 5.64. The van der Waals surface area contributed by atoms with Gasteiger partial charge in [-0.15, -0.1) is 11.3 Å². The summed E-state index contributed by atoms with van der Waals surface area (Å²) in [6.45, 7) is 3.68. The molecule has 1 rings (SSSR count). The van der Waals surface area contributed by atoms with Gasteiger partial charge in [0.2, 0.25) is 5.91 Å². The second-order valence-electron chi connectivity index (χ2n) is 4.32. The molecule has 19 heavy (non-hydrogen) atoms. The molecule has 1 aromatic heterocycles. The fourth-order valence-electron chi connectivity index (χ4n) is 1.53. The molecule has 1 unspecified atom stereocenters. The quantitative estimate of drug-likeness (QED) is 0.861. The van der Waals surface area contributed by atoms with Crippen molar-refractivity contribution in [3.63, 3.8) is 0 Å². The Kier molecular flexibility index (Phi) is 5.54. The van der Waals surface area contributed by atoms with Crippen molar-refractivity contribution in [2.45, 2.75) is 18.1 Å². The zero-order valence-electron chi connectivity index (χ0n) is 11.2. The molecule has 0 bridgehead atoms. The maximum atomic E-state index is 12.3. The van der Waals surface area contributed by atoms with Gasteiger partial charge >= 0.3 is 0 Å². The smallest absolute Gasteiger partial charge is 0.252 e. The second-order valence-corrected chi connectivity index (χ2v) is 8.96. The fraction of sp³-hybridized carbons (Fsp3) is 0.545. The second kappa shape index (κ2) is 6.34. The van der Waals surface area contributed by atoms with Gasteiger partial charge in [0.25, 0.3) is 10.0 Å². The number of sulfonamides is 1. The maximum Gasteiger partial charge on any atom is 0.252 e. The molecular formula is C11H17BrN2O3S2. The van der Waals surface area contributed by atoms with Crippen molar-refractivity contribution in [3.05, 3.63) is 15.4 Å². The van der Waals surface area contributed by atoms with Gasteiger partial charge in [0.05, 0.1) is 3.79 Å². The third-order valence-corrected chi connectivity index (χ3v) is 7.13. The highest BCUT2D eigenvalue weighted by Gasteiger charge is 2.26. The van der Waals surface area contributed by atoms with Crippen LogP contribution in [0.3, 0.4) is 0 Å². The van der Waals surface area contributed by atoms with Gasteiger partial charge in [-0.2, -0.15) is 4.31 Å². The summed E-state index contributed by atoms with van der Waals surface area (Å²) in [4.78, 5) is 11.4. The Balaban J connectivity index is 2.91. The van der Waals surface area contributed by atoms with Gasteiger partial charge in [-0.05, 0) is 34.5 Å². The minimum absolute atomic E-state index is 0.149. The van der Waals surface area contributed by atoms with E-state index in [1.165, 1.54) is 29.7 Å². The van der Waals surface area contributed by atoms with E-state index in [0.717, 1.165) is 9.35 Å². The molecule has 0 saturated heterocycles. The summed E-state index contributed by atoms with van der Waals surface area (Å²) < 4.78 is 27.0. The van der Waals surface area contributed by atoms with E-state index in [1.54, 1.807) is 13.0 Å². The van der Waals surface area contributed by atoms with Crippen molar-refractivity contribution in [2.24, 2.45) is 5.92 Å². The number of rotatable bonds is 5. The Morgan fingerprint density at radius 3 is 2.58 bits per heavy atom. The minimum Gasteiger partial charge on any atom is -0.359 e. The summed E-state index contributed by atoms with van der Waals surface area (Å²) in [5, 5.41) is 2.51. The van der Waals surface area contributed by atoms with Crippen LogP contribution in [0.4, 0.5) is 0 Å². The Hall–Kier alpha value is -0.440. The Labute approximate surface area is 126 Å². The highest BCUT2D eigenvalue weighted by Crippen LogP contribution is 2.32. The highest BCUT2D eigenvalue weighted by atomic mass is 79.9. The lowest BCUT2D eigenvalue weighted by Gasteiger charge is -2.19. The Bertz CT molecular complexity index is 549. The minimum atomic E-state index is -3.54. The molecule has 1 heterocycles. The van der Waals surface area contributed by atoms with Crippen LogP contribution >= 0.6 is 27.3 Å². The number of carbonyl (C=O) groups excluding carboxylic acids is 1. The number of carbonyl (C=O) groups is 1. The predicted octanol–water partition coefficient (Wildman–Crippen LogP) is 1.82. The molecule has 0 radical (unpaired) electrons. The van der Waals surface area contributed by atoms with Crippen LogP contribution in [-0.2, 0) is 14.8 Å². The van der Waals surface area contributed by atoms with E-state index in [2.05, 4.69) is 21.2 Å². The van der Waals surface area contributed by atoms with Gasteiger partial charge in [-0.3, -0.25) is 4.79 Å². The van der Waals surface area contributed by atoms with Crippen molar-refractivity contribution in [3.8, 4) is 0 Å². The van der Waals surface area contributed by atoms with E-state index in [1.807, 2.05) is 6.92 Å². The van der Waals surface area contributed by atoms with Crippen molar-refractivity contribution in [2.75, 3.05) is 20.6 Å². The highest BCUT2D eigenvalue weighted by molar-refractivity contribution is 9.11. The lowest BCUT2D eigenvalue weighted by molar-refractivity contribution is -0.124. The van der Waals surface area contributed by atoms with E-state index >= 15 is 0 Å². The molecule has 8 heteroatoms. The van der Waals surface area contributed by atoms with Gasteiger partial charge in [0, 0.05) is 26.6 Å². The number of hydrogen-bond donors (Lipinski definition) is 1. The van der Waals surface area contributed by atoms with Crippen molar-refractivity contribution in [1.29, 1.82) is 0 Å². The first-order chi connectivity index (χ1) is 8.70. The molecule has 1 aromatic rings. The Morgan fingerprint density at radius 2 is 2.16 bits per heavy atom. The van der Waals surface area contributed by atoms with Gasteiger partial charge < -0.3 is 5.32 Å². The summed E-state index contributed by atoms with van der Waals surface area (Å²) in [7, 11) is -0.517. The van der Waals surface area contributed by atoms with Gasteiger partial charge in [-0.1, -0.05) is 6.92 Å². The zero-order valence-corrected chi connectivity index (χ0v) is 14.4. The number of thiophene rings is 1. The number of amides is 1. The zero-order chi connectivity index (χ0) is 14.8. The van der Waals surface area contributed by atoms with Gasteiger partial charge in [0.15, 0.2) is 0 Å². The number of nitrogens with one attached hydrogen (secondary N) is 1. The average Bonchev–Trinajstić information content (AvgIpc) is 2.69. The molecule has 1 N–H and O–H groups in total. The number of hydrogen-bond acceptors (Lipinski definition) is 4. The third kappa shape index (κ3) is 3.77. The Morgan fingerprint density at radius 1 is 1.58 bits per heavy atom. The molecule has 0 saturated carbocycles. The lowest BCUT2D eigenvalue weighted by Crippen LogP contribution is -2.37. The van der Waals surface area contributed by atoms with Crippen LogP contribution in [0.25, 0.3) is 0 Å². The monoisotopic (exact) mass is 368 g/mol. The van der Waals surface area contributed by atoms with E-state index in [4.69, 9.17) is 0 Å². The van der Waals surface area contributed by atoms with E-state index in [0.29, 0.717) is 0 Å². The van der Waals surface area contributed by atoms with Crippen molar-refractivity contribution >= 4 is 43.2 Å². The molecular weight excluding hydrogens is 352 g/mol. The average molecular weight is 369 g/mol. The molecule has 0 fully saturated rings. The van der Waals surface area contributed by atoms with Gasteiger partial charge in [0.1, 0.15) is 4.21 Å². The largest absolute Gasteiger partial charge is 0.359 e. The molecule has 1 atom stereocenters. The van der Waals surface area contributed by atoms with E-state index < -0.39 is 15.9 Å². The lowest BCUT2D eigenvalue weighted by atomic mass is 10.2. The van der Waals surface area contributed by atoms with Crippen molar-refractivity contribution in [1.82, 2.24) is 9.62 Å². The molecule has 0 aliphatic rings. The van der Waals surface area contributed by atoms with Gasteiger partial charge in [-0.25, -0.2) is 8.42 Å². The van der Waals surface area contributed by atoms with E-state index in [9.17, 15) is 13.2 Å². The molecule has 0 aromatic carbocycles. The standard InChI is InChI=1S/C11H17BrN2O3S2/c1-7-5-9(18-10(7)12)19(16,17)14(4)6-8(2)11(15)13-3/h5,8H,6H2,1-4H3,(H,13,15). The van der Waals surface area contributed by atoms with Crippen LogP contribution in [0.2, 0.25) is 0 Å². The fourth-order valence-corrected chi connectivity index (χ4v) is 5.22. The molecule has 0 spiro atoms. The topological polar surface area (TPSA) is 66.5 Å². The summed E-state index contributed by atoms with van der Waals surface area (Å²) >= 11 is 4.49. The predicted molar refractivity (Wildman–Crippen MR) is 79.8 cm³/mol. The molecule has 108 valence electrons. The van der Waals surface area contributed by atoms with Crippen LogP contribution in [0.1, 0.15) is 12.5 Å². The molecule has 5 nitrogen and oxygen atoms in total. The number of aryl methyl sites for hydroxylation is 1. The van der Waals surface area contributed by atoms with Crippen LogP contribution in [0, 0.1) is 12.8 Å². The summed E-state index contributed by atoms with van der Waals surface area (Å²) in [6.07, 6.45) is 0. The van der Waals surface area contributed by atoms with Crippen LogP contribution in [-0.4, -0.2) is 39.3 Å². The SMILES string of the molecule is CNC(=O)C(C)CN(C)S(=O)(=O)c1cc(C)c(Br)s1. The molecule has 1 amide bonds. The molecule has 0 aliphatic heterocycles. The summed E-state index contributed by atoms with van der Waals surface area (Å²) in [5.41, 5.74) is 0.885. The van der Waals surface area contributed by atoms with Crippen molar-refractivity contribution < 1.29 is 13.2 Å². The maximum absolute atomic E-state index is 12.3. The summed E-state index contributed by atoms with van der Waals surface area (Å²) in [6, 6.07) is 1.63.